The van der Waals surface area contributed by atoms with E-state index in [1.54, 1.807) is 11.3 Å². The Labute approximate surface area is 129 Å². The van der Waals surface area contributed by atoms with Gasteiger partial charge in [0.1, 0.15) is 5.82 Å². The number of thiazole rings is 1. The average molecular weight is 303 g/mol. The number of piperazine rings is 1. The summed E-state index contributed by atoms with van der Waals surface area (Å²) in [5, 5.41) is 3.15. The van der Waals surface area contributed by atoms with E-state index in [2.05, 4.69) is 31.9 Å². The lowest BCUT2D eigenvalue weighted by Gasteiger charge is -2.35. The van der Waals surface area contributed by atoms with Crippen LogP contribution in [0.25, 0.3) is 0 Å². The van der Waals surface area contributed by atoms with Crippen LogP contribution in [0.1, 0.15) is 12.5 Å². The van der Waals surface area contributed by atoms with Crippen LogP contribution in [0.2, 0.25) is 0 Å². The zero-order chi connectivity index (χ0) is 14.7. The molecule has 1 fully saturated rings. The van der Waals surface area contributed by atoms with Crippen molar-refractivity contribution < 1.29 is 0 Å². The van der Waals surface area contributed by atoms with Crippen molar-refractivity contribution in [1.82, 2.24) is 9.97 Å². The van der Waals surface area contributed by atoms with Crippen molar-refractivity contribution in [2.24, 2.45) is 5.73 Å². The predicted molar refractivity (Wildman–Crippen MR) is 88.1 cm³/mol. The normalized spacial score (nSPS) is 17.0. The van der Waals surface area contributed by atoms with Crippen LogP contribution in [0.3, 0.4) is 0 Å². The van der Waals surface area contributed by atoms with Gasteiger partial charge in [-0.15, -0.1) is 11.3 Å². The van der Waals surface area contributed by atoms with Crippen molar-refractivity contribution in [3.8, 4) is 0 Å². The summed E-state index contributed by atoms with van der Waals surface area (Å²) < 4.78 is 0. The minimum absolute atomic E-state index is 0.180. The van der Waals surface area contributed by atoms with Crippen LogP contribution >= 0.6 is 11.3 Å². The van der Waals surface area contributed by atoms with Crippen molar-refractivity contribution in [2.45, 2.75) is 19.4 Å². The van der Waals surface area contributed by atoms with Gasteiger partial charge >= 0.3 is 0 Å². The largest absolute Gasteiger partial charge is 0.353 e. The molecular formula is C15H21N5S. The molecule has 2 aromatic rings. The van der Waals surface area contributed by atoms with E-state index in [1.165, 1.54) is 5.56 Å². The molecule has 112 valence electrons. The minimum Gasteiger partial charge on any atom is -0.353 e. The quantitative estimate of drug-likeness (QED) is 0.932. The van der Waals surface area contributed by atoms with Crippen LogP contribution in [0.4, 0.5) is 10.9 Å². The van der Waals surface area contributed by atoms with Gasteiger partial charge in [0.2, 0.25) is 0 Å². The first-order valence-electron chi connectivity index (χ1n) is 7.32. The molecule has 0 aliphatic carbocycles. The summed E-state index contributed by atoms with van der Waals surface area (Å²) in [6, 6.07) is 4.43. The van der Waals surface area contributed by atoms with Gasteiger partial charge in [-0.25, -0.2) is 9.97 Å². The van der Waals surface area contributed by atoms with E-state index in [9.17, 15) is 0 Å². The molecule has 1 atom stereocenters. The van der Waals surface area contributed by atoms with E-state index in [0.29, 0.717) is 0 Å². The van der Waals surface area contributed by atoms with Crippen LogP contribution in [0, 0.1) is 0 Å². The van der Waals surface area contributed by atoms with Gasteiger partial charge in [0, 0.05) is 50.0 Å². The Balaban J connectivity index is 1.59. The van der Waals surface area contributed by atoms with E-state index in [4.69, 9.17) is 5.73 Å². The number of aromatic nitrogens is 2. The van der Waals surface area contributed by atoms with Gasteiger partial charge in [-0.1, -0.05) is 6.07 Å². The second-order valence-electron chi connectivity index (χ2n) is 5.49. The molecule has 2 N–H and O–H groups in total. The highest BCUT2D eigenvalue weighted by Crippen LogP contribution is 2.21. The maximum Gasteiger partial charge on any atom is 0.185 e. The Morgan fingerprint density at radius 3 is 2.52 bits per heavy atom. The average Bonchev–Trinajstić information content (AvgIpc) is 3.02. The Bertz CT molecular complexity index is 544. The molecule has 21 heavy (non-hydrogen) atoms. The zero-order valence-corrected chi connectivity index (χ0v) is 13.1. The SMILES string of the molecule is CC(N)Cc1ccc(N2CCN(c3nccs3)CC2)nc1. The van der Waals surface area contributed by atoms with Crippen molar-refractivity contribution in [2.75, 3.05) is 36.0 Å². The first-order valence-corrected chi connectivity index (χ1v) is 8.20. The molecule has 0 spiro atoms. The Hall–Kier alpha value is -1.66. The Kier molecular flexibility index (Phi) is 4.36. The predicted octanol–water partition coefficient (Wildman–Crippen LogP) is 1.75. The maximum atomic E-state index is 5.82. The summed E-state index contributed by atoms with van der Waals surface area (Å²) in [5.74, 6) is 1.06. The van der Waals surface area contributed by atoms with Gasteiger partial charge in [-0.2, -0.15) is 0 Å². The number of rotatable bonds is 4. The lowest BCUT2D eigenvalue weighted by Crippen LogP contribution is -2.46. The third kappa shape index (κ3) is 3.51. The van der Waals surface area contributed by atoms with Gasteiger partial charge in [-0.05, 0) is 25.0 Å². The van der Waals surface area contributed by atoms with Gasteiger partial charge in [-0.3, -0.25) is 0 Å². The van der Waals surface area contributed by atoms with Gasteiger partial charge in [0.15, 0.2) is 5.13 Å². The van der Waals surface area contributed by atoms with Gasteiger partial charge in [0.05, 0.1) is 0 Å². The van der Waals surface area contributed by atoms with Crippen molar-refractivity contribution in [1.29, 1.82) is 0 Å². The molecule has 0 amide bonds. The van der Waals surface area contributed by atoms with Crippen LogP contribution in [0.5, 0.6) is 0 Å². The molecule has 1 saturated heterocycles. The number of nitrogens with two attached hydrogens (primary N) is 1. The zero-order valence-electron chi connectivity index (χ0n) is 12.3. The highest BCUT2D eigenvalue weighted by Gasteiger charge is 2.19. The third-order valence-electron chi connectivity index (χ3n) is 3.66. The van der Waals surface area contributed by atoms with Crippen molar-refractivity contribution in [3.05, 3.63) is 35.5 Å². The molecule has 1 aliphatic rings. The van der Waals surface area contributed by atoms with Gasteiger partial charge < -0.3 is 15.5 Å². The molecule has 1 aliphatic heterocycles. The molecule has 0 radical (unpaired) electrons. The summed E-state index contributed by atoms with van der Waals surface area (Å²) in [6.07, 6.45) is 4.70. The van der Waals surface area contributed by atoms with Crippen LogP contribution in [-0.4, -0.2) is 42.2 Å². The van der Waals surface area contributed by atoms with E-state index in [-0.39, 0.29) is 6.04 Å². The topological polar surface area (TPSA) is 58.3 Å². The van der Waals surface area contributed by atoms with Crippen LogP contribution in [-0.2, 0) is 6.42 Å². The van der Waals surface area contributed by atoms with Gasteiger partial charge in [0.25, 0.3) is 0 Å². The fraction of sp³-hybridized carbons (Fsp3) is 0.467. The Morgan fingerprint density at radius 1 is 1.19 bits per heavy atom. The summed E-state index contributed by atoms with van der Waals surface area (Å²) in [5.41, 5.74) is 7.02. The number of hydrogen-bond donors (Lipinski definition) is 1. The number of anilines is 2. The molecule has 0 saturated carbocycles. The summed E-state index contributed by atoms with van der Waals surface area (Å²) in [6.45, 7) is 5.98. The lowest BCUT2D eigenvalue weighted by atomic mass is 10.1. The number of pyridine rings is 1. The molecule has 3 heterocycles. The lowest BCUT2D eigenvalue weighted by molar-refractivity contribution is 0.645. The molecular weight excluding hydrogens is 282 g/mol. The van der Waals surface area contributed by atoms with Crippen LogP contribution < -0.4 is 15.5 Å². The second-order valence-corrected chi connectivity index (χ2v) is 6.37. The fourth-order valence-electron chi connectivity index (χ4n) is 2.60. The molecule has 5 nitrogen and oxygen atoms in total. The molecule has 3 rings (SSSR count). The molecule has 0 bridgehead atoms. The highest BCUT2D eigenvalue weighted by atomic mass is 32.1. The Morgan fingerprint density at radius 2 is 1.95 bits per heavy atom. The monoisotopic (exact) mass is 303 g/mol. The summed E-state index contributed by atoms with van der Waals surface area (Å²) >= 11 is 1.70. The van der Waals surface area contributed by atoms with E-state index < -0.39 is 0 Å². The number of nitrogens with zero attached hydrogens (tertiary/aromatic N) is 4. The van der Waals surface area contributed by atoms with E-state index >= 15 is 0 Å². The van der Waals surface area contributed by atoms with Crippen LogP contribution in [0.15, 0.2) is 29.9 Å². The summed E-state index contributed by atoms with van der Waals surface area (Å²) in [4.78, 5) is 13.6. The highest BCUT2D eigenvalue weighted by molar-refractivity contribution is 7.13. The fourth-order valence-corrected chi connectivity index (χ4v) is 3.29. The smallest absolute Gasteiger partial charge is 0.185 e. The second kappa shape index (κ2) is 6.41. The van der Waals surface area contributed by atoms with E-state index in [0.717, 1.165) is 43.5 Å². The van der Waals surface area contributed by atoms with Crippen molar-refractivity contribution >= 4 is 22.3 Å². The summed E-state index contributed by atoms with van der Waals surface area (Å²) in [7, 11) is 0. The molecule has 2 aromatic heterocycles. The standard InChI is InChI=1S/C15H21N5S/c1-12(16)10-13-2-3-14(18-11-13)19-5-7-20(8-6-19)15-17-4-9-21-15/h2-4,9,11-12H,5-8,10,16H2,1H3. The first kappa shape index (κ1) is 14.3. The number of hydrogen-bond acceptors (Lipinski definition) is 6. The minimum atomic E-state index is 0.180. The molecule has 1 unspecified atom stereocenters. The molecule has 0 aromatic carbocycles. The van der Waals surface area contributed by atoms with Crippen molar-refractivity contribution in [3.63, 3.8) is 0 Å². The first-order chi connectivity index (χ1) is 10.2. The van der Waals surface area contributed by atoms with E-state index in [1.807, 2.05) is 24.7 Å². The maximum absolute atomic E-state index is 5.82. The molecule has 6 heteroatoms. The third-order valence-corrected chi connectivity index (χ3v) is 4.49.